The molecule has 1 N–H and O–H groups in total. The molecule has 4 nitrogen and oxygen atoms in total. The summed E-state index contributed by atoms with van der Waals surface area (Å²) in [7, 11) is 0. The first-order valence-corrected chi connectivity index (χ1v) is 7.32. The molecule has 0 unspecified atom stereocenters. The average Bonchev–Trinajstić information content (AvgIpc) is 3.07. The molecular weight excluding hydrogens is 272 g/mol. The van der Waals surface area contributed by atoms with Crippen LogP contribution in [0.3, 0.4) is 0 Å². The van der Waals surface area contributed by atoms with Crippen molar-refractivity contribution in [1.29, 1.82) is 0 Å². The largest absolute Gasteiger partial charge is 0.459 e. The number of nitrogens with zero attached hydrogens (tertiary/aromatic N) is 1. The Morgan fingerprint density at radius 1 is 1.40 bits per heavy atom. The maximum Gasteiger partial charge on any atom is 0.291 e. The molecule has 5 heteroatoms. The van der Waals surface area contributed by atoms with E-state index in [0.29, 0.717) is 5.76 Å². The first kappa shape index (κ1) is 12.9. The highest BCUT2D eigenvalue weighted by molar-refractivity contribution is 7.18. The molecule has 0 bridgehead atoms. The van der Waals surface area contributed by atoms with Crippen LogP contribution in [0.4, 0.5) is 5.69 Å². The van der Waals surface area contributed by atoms with Gasteiger partial charge in [0.25, 0.3) is 5.91 Å². The number of thiazole rings is 1. The average molecular weight is 286 g/mol. The Balaban J connectivity index is 1.83. The third-order valence-corrected chi connectivity index (χ3v) is 3.98. The number of hydrogen-bond acceptors (Lipinski definition) is 4. The zero-order valence-electron chi connectivity index (χ0n) is 11.1. The number of carbonyl (C=O) groups is 1. The van der Waals surface area contributed by atoms with Crippen LogP contribution in [-0.4, -0.2) is 10.9 Å². The molecule has 102 valence electrons. The van der Waals surface area contributed by atoms with Gasteiger partial charge in [0.05, 0.1) is 21.5 Å². The number of aryl methyl sites for hydroxylation is 1. The Hall–Kier alpha value is -2.14. The fourth-order valence-corrected chi connectivity index (χ4v) is 3.08. The number of hydrogen-bond donors (Lipinski definition) is 1. The highest BCUT2D eigenvalue weighted by Crippen LogP contribution is 2.26. The van der Waals surface area contributed by atoms with Crippen LogP contribution >= 0.6 is 11.3 Å². The number of furan rings is 1. The number of fused-ring (bicyclic) bond motifs is 1. The zero-order chi connectivity index (χ0) is 13.9. The van der Waals surface area contributed by atoms with Gasteiger partial charge in [-0.1, -0.05) is 6.92 Å². The van der Waals surface area contributed by atoms with Crippen LogP contribution in [0, 0.1) is 0 Å². The fourth-order valence-electron chi connectivity index (χ4n) is 1.97. The van der Waals surface area contributed by atoms with Crippen LogP contribution in [0.1, 0.15) is 28.9 Å². The molecule has 3 rings (SSSR count). The van der Waals surface area contributed by atoms with Crippen molar-refractivity contribution in [3.8, 4) is 0 Å². The van der Waals surface area contributed by atoms with Crippen LogP contribution in [0.25, 0.3) is 10.2 Å². The summed E-state index contributed by atoms with van der Waals surface area (Å²) < 4.78 is 6.16. The van der Waals surface area contributed by atoms with Crippen molar-refractivity contribution in [2.24, 2.45) is 0 Å². The second kappa shape index (κ2) is 5.46. The van der Waals surface area contributed by atoms with E-state index in [0.717, 1.165) is 33.8 Å². The predicted octanol–water partition coefficient (Wildman–Crippen LogP) is 4.09. The van der Waals surface area contributed by atoms with Crippen molar-refractivity contribution in [1.82, 2.24) is 4.98 Å². The summed E-state index contributed by atoms with van der Waals surface area (Å²) in [4.78, 5) is 16.5. The second-order valence-corrected chi connectivity index (χ2v) is 5.59. The molecule has 2 heterocycles. The van der Waals surface area contributed by atoms with E-state index in [-0.39, 0.29) is 5.91 Å². The lowest BCUT2D eigenvalue weighted by molar-refractivity contribution is 0.0996. The van der Waals surface area contributed by atoms with Crippen molar-refractivity contribution in [3.05, 3.63) is 47.4 Å². The molecule has 2 aromatic heterocycles. The number of benzene rings is 1. The molecular formula is C15H14N2O2S. The summed E-state index contributed by atoms with van der Waals surface area (Å²) in [5, 5.41) is 3.96. The van der Waals surface area contributed by atoms with E-state index in [4.69, 9.17) is 4.42 Å². The number of amides is 1. The predicted molar refractivity (Wildman–Crippen MR) is 80.3 cm³/mol. The third-order valence-electron chi connectivity index (χ3n) is 2.90. The molecule has 1 aromatic carbocycles. The summed E-state index contributed by atoms with van der Waals surface area (Å²) in [5.74, 6) is 0.0636. The lowest BCUT2D eigenvalue weighted by atomic mass is 10.3. The van der Waals surface area contributed by atoms with Gasteiger partial charge in [0, 0.05) is 5.69 Å². The number of nitrogens with one attached hydrogen (secondary N) is 1. The quantitative estimate of drug-likeness (QED) is 0.785. The van der Waals surface area contributed by atoms with Gasteiger partial charge in [-0.05, 0) is 43.2 Å². The molecule has 0 saturated carbocycles. The molecule has 1 amide bonds. The van der Waals surface area contributed by atoms with Crippen molar-refractivity contribution < 1.29 is 9.21 Å². The monoisotopic (exact) mass is 286 g/mol. The summed E-state index contributed by atoms with van der Waals surface area (Å²) in [5.41, 5.74) is 1.74. The maximum atomic E-state index is 11.9. The Morgan fingerprint density at radius 2 is 2.30 bits per heavy atom. The highest BCUT2D eigenvalue weighted by Gasteiger charge is 2.10. The van der Waals surface area contributed by atoms with Crippen molar-refractivity contribution >= 4 is 33.1 Å². The molecule has 0 aliphatic heterocycles. The SMILES string of the molecule is CCCc1nc2ccc(NC(=O)c3ccco3)cc2s1. The zero-order valence-corrected chi connectivity index (χ0v) is 11.9. The van der Waals surface area contributed by atoms with Crippen molar-refractivity contribution in [2.45, 2.75) is 19.8 Å². The first-order chi connectivity index (χ1) is 9.76. The topological polar surface area (TPSA) is 55.1 Å². The smallest absolute Gasteiger partial charge is 0.291 e. The van der Waals surface area contributed by atoms with Gasteiger partial charge in [-0.2, -0.15) is 0 Å². The molecule has 0 aliphatic rings. The lowest BCUT2D eigenvalue weighted by Gasteiger charge is -2.02. The van der Waals surface area contributed by atoms with Gasteiger partial charge >= 0.3 is 0 Å². The minimum absolute atomic E-state index is 0.243. The molecule has 0 atom stereocenters. The van der Waals surface area contributed by atoms with Crippen LogP contribution in [0.15, 0.2) is 41.0 Å². The summed E-state index contributed by atoms with van der Waals surface area (Å²) in [6.45, 7) is 2.14. The standard InChI is InChI=1S/C15H14N2O2S/c1-2-4-14-17-11-7-6-10(9-13(11)20-14)16-15(18)12-5-3-8-19-12/h3,5-9H,2,4H2,1H3,(H,16,18). The highest BCUT2D eigenvalue weighted by atomic mass is 32.1. The van der Waals surface area contributed by atoms with Gasteiger partial charge < -0.3 is 9.73 Å². The van der Waals surface area contributed by atoms with E-state index >= 15 is 0 Å². The molecule has 3 aromatic rings. The lowest BCUT2D eigenvalue weighted by Crippen LogP contribution is -2.10. The summed E-state index contributed by atoms with van der Waals surface area (Å²) in [6.07, 6.45) is 3.56. The van der Waals surface area contributed by atoms with E-state index in [1.54, 1.807) is 23.5 Å². The molecule has 0 aliphatic carbocycles. The van der Waals surface area contributed by atoms with E-state index in [1.165, 1.54) is 6.26 Å². The fraction of sp³-hybridized carbons (Fsp3) is 0.200. The minimum atomic E-state index is -0.243. The van der Waals surface area contributed by atoms with Crippen LogP contribution < -0.4 is 5.32 Å². The second-order valence-electron chi connectivity index (χ2n) is 4.47. The maximum absolute atomic E-state index is 11.9. The molecule has 0 radical (unpaired) electrons. The summed E-state index contributed by atoms with van der Waals surface area (Å²) in [6, 6.07) is 9.08. The molecule has 0 saturated heterocycles. The van der Waals surface area contributed by atoms with Gasteiger partial charge in [-0.3, -0.25) is 4.79 Å². The number of aromatic nitrogens is 1. The Bertz CT molecular complexity index is 732. The minimum Gasteiger partial charge on any atom is -0.459 e. The Kier molecular flexibility index (Phi) is 3.52. The van der Waals surface area contributed by atoms with Crippen LogP contribution in [0.2, 0.25) is 0 Å². The van der Waals surface area contributed by atoms with Gasteiger partial charge in [0.15, 0.2) is 5.76 Å². The Morgan fingerprint density at radius 3 is 3.05 bits per heavy atom. The van der Waals surface area contributed by atoms with Gasteiger partial charge in [-0.25, -0.2) is 4.98 Å². The van der Waals surface area contributed by atoms with E-state index in [1.807, 2.05) is 18.2 Å². The molecule has 20 heavy (non-hydrogen) atoms. The first-order valence-electron chi connectivity index (χ1n) is 6.50. The van der Waals surface area contributed by atoms with Crippen LogP contribution in [-0.2, 0) is 6.42 Å². The number of rotatable bonds is 4. The van der Waals surface area contributed by atoms with Crippen molar-refractivity contribution in [2.75, 3.05) is 5.32 Å². The van der Waals surface area contributed by atoms with E-state index < -0.39 is 0 Å². The van der Waals surface area contributed by atoms with Gasteiger partial charge in [-0.15, -0.1) is 11.3 Å². The van der Waals surface area contributed by atoms with E-state index in [2.05, 4.69) is 17.2 Å². The molecule has 0 spiro atoms. The van der Waals surface area contributed by atoms with Crippen molar-refractivity contribution in [3.63, 3.8) is 0 Å². The van der Waals surface area contributed by atoms with E-state index in [9.17, 15) is 4.79 Å². The van der Waals surface area contributed by atoms with Gasteiger partial charge in [0.2, 0.25) is 0 Å². The third kappa shape index (κ3) is 2.58. The summed E-state index contributed by atoms with van der Waals surface area (Å²) >= 11 is 1.67. The van der Waals surface area contributed by atoms with Crippen LogP contribution in [0.5, 0.6) is 0 Å². The molecule has 0 fully saturated rings. The normalized spacial score (nSPS) is 10.8. The number of carbonyl (C=O) groups excluding carboxylic acids is 1. The van der Waals surface area contributed by atoms with Gasteiger partial charge in [0.1, 0.15) is 0 Å². The number of anilines is 1. The Labute approximate surface area is 120 Å².